The van der Waals surface area contributed by atoms with E-state index in [0.29, 0.717) is 6.54 Å². The van der Waals surface area contributed by atoms with Crippen molar-refractivity contribution in [2.75, 3.05) is 32.0 Å². The first kappa shape index (κ1) is 14.9. The summed E-state index contributed by atoms with van der Waals surface area (Å²) >= 11 is 1.92. The molecule has 1 heterocycles. The van der Waals surface area contributed by atoms with E-state index in [0.717, 1.165) is 31.9 Å². The molecule has 1 aliphatic rings. The third kappa shape index (κ3) is 3.72. The lowest BCUT2D eigenvalue weighted by atomic mass is 9.93. The summed E-state index contributed by atoms with van der Waals surface area (Å²) in [6.45, 7) is 5.49. The number of nitrogens with two attached hydrogens (primary N) is 1. The van der Waals surface area contributed by atoms with Gasteiger partial charge in [-0.1, -0.05) is 49.2 Å². The maximum Gasteiger partial charge on any atom is 0.119 e. The van der Waals surface area contributed by atoms with Crippen molar-refractivity contribution in [3.63, 3.8) is 0 Å². The first-order chi connectivity index (χ1) is 9.30. The molecule has 3 nitrogen and oxygen atoms in total. The smallest absolute Gasteiger partial charge is 0.119 e. The lowest BCUT2D eigenvalue weighted by Crippen LogP contribution is -2.44. The van der Waals surface area contributed by atoms with Gasteiger partial charge in [-0.2, -0.15) is 0 Å². The first-order valence-electron chi connectivity index (χ1n) is 7.08. The summed E-state index contributed by atoms with van der Waals surface area (Å²) in [5.74, 6) is 1.16. The molecule has 0 saturated carbocycles. The quantitative estimate of drug-likeness (QED) is 0.842. The molecule has 1 atom stereocenters. The Balaban J connectivity index is 2.17. The Hall–Kier alpha value is -0.550. The molecular formula is C15H24N2OS. The largest absolute Gasteiger partial charge is 0.368 e. The fourth-order valence-corrected chi connectivity index (χ4v) is 3.41. The molecule has 0 radical (unpaired) electrons. The van der Waals surface area contributed by atoms with Crippen molar-refractivity contribution in [3.05, 3.63) is 35.9 Å². The average Bonchev–Trinajstić information content (AvgIpc) is 2.69. The highest BCUT2D eigenvalue weighted by atomic mass is 32.2. The molecule has 1 saturated heterocycles. The second-order valence-corrected chi connectivity index (χ2v) is 6.15. The molecule has 0 bridgehead atoms. The molecular weight excluding hydrogens is 256 g/mol. The zero-order valence-electron chi connectivity index (χ0n) is 11.7. The van der Waals surface area contributed by atoms with Crippen LogP contribution in [0.15, 0.2) is 30.3 Å². The van der Waals surface area contributed by atoms with Crippen LogP contribution in [-0.2, 0) is 10.3 Å². The van der Waals surface area contributed by atoms with Crippen molar-refractivity contribution in [2.45, 2.75) is 25.4 Å². The normalized spacial score (nSPS) is 25.2. The highest BCUT2D eigenvalue weighted by Crippen LogP contribution is 2.31. The Labute approximate surface area is 120 Å². The van der Waals surface area contributed by atoms with Gasteiger partial charge in [0.1, 0.15) is 5.60 Å². The van der Waals surface area contributed by atoms with Crippen LogP contribution in [0.25, 0.3) is 0 Å². The van der Waals surface area contributed by atoms with Gasteiger partial charge in [0, 0.05) is 32.0 Å². The number of nitrogens with zero attached hydrogens (tertiary/aromatic N) is 1. The molecule has 1 aliphatic heterocycles. The minimum Gasteiger partial charge on any atom is -0.368 e. The molecule has 1 unspecified atom stereocenters. The van der Waals surface area contributed by atoms with Gasteiger partial charge in [0.25, 0.3) is 0 Å². The summed E-state index contributed by atoms with van der Waals surface area (Å²) in [5.41, 5.74) is 6.92. The Morgan fingerprint density at radius 1 is 1.37 bits per heavy atom. The SMILES string of the molecule is CCCSN1CCCOC(CN)(c2ccccc2)C1. The standard InChI is InChI=1S/C15H24N2OS/c1-2-11-19-17-9-6-10-18-15(12-16,13-17)14-7-4-3-5-8-14/h3-5,7-8H,2,6,9-13,16H2,1H3. The van der Waals surface area contributed by atoms with Crippen LogP contribution in [0.1, 0.15) is 25.3 Å². The Morgan fingerprint density at radius 3 is 2.84 bits per heavy atom. The maximum absolute atomic E-state index is 6.16. The Morgan fingerprint density at radius 2 is 2.16 bits per heavy atom. The van der Waals surface area contributed by atoms with E-state index in [1.54, 1.807) is 0 Å². The van der Waals surface area contributed by atoms with Gasteiger partial charge in [-0.15, -0.1) is 0 Å². The summed E-state index contributed by atoms with van der Waals surface area (Å²) in [6, 6.07) is 10.4. The minimum absolute atomic E-state index is 0.349. The molecule has 2 rings (SSSR count). The van der Waals surface area contributed by atoms with Gasteiger partial charge in [-0.25, -0.2) is 4.31 Å². The van der Waals surface area contributed by atoms with Crippen LogP contribution in [0.3, 0.4) is 0 Å². The fraction of sp³-hybridized carbons (Fsp3) is 0.600. The summed E-state index contributed by atoms with van der Waals surface area (Å²) in [4.78, 5) is 0. The van der Waals surface area contributed by atoms with Crippen LogP contribution >= 0.6 is 11.9 Å². The van der Waals surface area contributed by atoms with E-state index in [-0.39, 0.29) is 5.60 Å². The zero-order valence-corrected chi connectivity index (χ0v) is 12.5. The highest BCUT2D eigenvalue weighted by molar-refractivity contribution is 7.97. The summed E-state index contributed by atoms with van der Waals surface area (Å²) in [6.07, 6.45) is 2.27. The summed E-state index contributed by atoms with van der Waals surface area (Å²) < 4.78 is 8.58. The Kier molecular flexibility index (Phi) is 5.70. The third-order valence-corrected chi connectivity index (χ3v) is 4.74. The van der Waals surface area contributed by atoms with Crippen LogP contribution in [0.4, 0.5) is 0 Å². The zero-order chi connectivity index (χ0) is 13.6. The van der Waals surface area contributed by atoms with Gasteiger partial charge in [0.15, 0.2) is 0 Å². The molecule has 1 fully saturated rings. The number of hydrogen-bond donors (Lipinski definition) is 1. The second-order valence-electron chi connectivity index (χ2n) is 4.96. The van der Waals surface area contributed by atoms with E-state index in [1.165, 1.54) is 12.0 Å². The van der Waals surface area contributed by atoms with Gasteiger partial charge in [0.2, 0.25) is 0 Å². The van der Waals surface area contributed by atoms with Crippen LogP contribution in [-0.4, -0.2) is 36.3 Å². The minimum atomic E-state index is -0.349. The van der Waals surface area contributed by atoms with E-state index in [9.17, 15) is 0 Å². The summed E-state index contributed by atoms with van der Waals surface area (Å²) in [5, 5.41) is 0. The monoisotopic (exact) mass is 280 g/mol. The molecule has 0 aliphatic carbocycles. The van der Waals surface area contributed by atoms with Gasteiger partial charge < -0.3 is 10.5 Å². The molecule has 1 aromatic rings. The van der Waals surface area contributed by atoms with Crippen molar-refractivity contribution in [2.24, 2.45) is 5.73 Å². The molecule has 0 spiro atoms. The molecule has 0 amide bonds. The average molecular weight is 280 g/mol. The molecule has 0 aromatic heterocycles. The molecule has 106 valence electrons. The van der Waals surface area contributed by atoms with Crippen molar-refractivity contribution in [3.8, 4) is 0 Å². The van der Waals surface area contributed by atoms with Gasteiger partial charge in [0.05, 0.1) is 0 Å². The topological polar surface area (TPSA) is 38.5 Å². The van der Waals surface area contributed by atoms with Gasteiger partial charge in [-0.3, -0.25) is 0 Å². The van der Waals surface area contributed by atoms with Crippen LogP contribution in [0.5, 0.6) is 0 Å². The number of ether oxygens (including phenoxy) is 1. The number of rotatable bonds is 5. The maximum atomic E-state index is 6.16. The van der Waals surface area contributed by atoms with E-state index in [2.05, 4.69) is 35.5 Å². The van der Waals surface area contributed by atoms with Crippen LogP contribution in [0.2, 0.25) is 0 Å². The van der Waals surface area contributed by atoms with Crippen LogP contribution < -0.4 is 5.73 Å². The van der Waals surface area contributed by atoms with E-state index in [1.807, 2.05) is 18.0 Å². The van der Waals surface area contributed by atoms with E-state index < -0.39 is 0 Å². The Bertz CT molecular complexity index is 374. The van der Waals surface area contributed by atoms with Crippen molar-refractivity contribution in [1.29, 1.82) is 0 Å². The highest BCUT2D eigenvalue weighted by Gasteiger charge is 2.35. The lowest BCUT2D eigenvalue weighted by molar-refractivity contribution is -0.0367. The number of benzene rings is 1. The number of hydrogen-bond acceptors (Lipinski definition) is 4. The van der Waals surface area contributed by atoms with Crippen molar-refractivity contribution < 1.29 is 4.74 Å². The summed E-state index contributed by atoms with van der Waals surface area (Å²) in [7, 11) is 0. The lowest BCUT2D eigenvalue weighted by Gasteiger charge is -2.34. The van der Waals surface area contributed by atoms with Crippen LogP contribution in [0, 0.1) is 0 Å². The fourth-order valence-electron chi connectivity index (χ4n) is 2.41. The van der Waals surface area contributed by atoms with E-state index >= 15 is 0 Å². The van der Waals surface area contributed by atoms with Crippen molar-refractivity contribution in [1.82, 2.24) is 4.31 Å². The van der Waals surface area contributed by atoms with Gasteiger partial charge in [-0.05, 0) is 18.4 Å². The van der Waals surface area contributed by atoms with Crippen molar-refractivity contribution >= 4 is 11.9 Å². The van der Waals surface area contributed by atoms with Gasteiger partial charge >= 0.3 is 0 Å². The predicted molar refractivity (Wildman–Crippen MR) is 82.1 cm³/mol. The molecule has 19 heavy (non-hydrogen) atoms. The second kappa shape index (κ2) is 7.29. The molecule has 2 N–H and O–H groups in total. The van der Waals surface area contributed by atoms with E-state index in [4.69, 9.17) is 10.5 Å². The predicted octanol–water partition coefficient (Wildman–Crippen LogP) is 2.62. The first-order valence-corrected chi connectivity index (χ1v) is 8.02. The third-order valence-electron chi connectivity index (χ3n) is 3.47. The molecule has 1 aromatic carbocycles. The molecule has 4 heteroatoms.